The van der Waals surface area contributed by atoms with E-state index >= 15 is 0 Å². The molecular weight excluding hydrogens is 376 g/mol. The first-order chi connectivity index (χ1) is 13.6. The molecule has 0 aliphatic carbocycles. The van der Waals surface area contributed by atoms with Crippen molar-refractivity contribution in [2.75, 3.05) is 0 Å². The van der Waals surface area contributed by atoms with Crippen molar-refractivity contribution in [1.29, 1.82) is 0 Å². The molecule has 0 bridgehead atoms. The Kier molecular flexibility index (Phi) is 7.35. The van der Waals surface area contributed by atoms with Crippen molar-refractivity contribution >= 4 is 28.7 Å². The summed E-state index contributed by atoms with van der Waals surface area (Å²) in [7, 11) is 0. The van der Waals surface area contributed by atoms with Gasteiger partial charge in [-0.3, -0.25) is 9.59 Å². The summed E-state index contributed by atoms with van der Waals surface area (Å²) in [5, 5.41) is 24.8. The third kappa shape index (κ3) is 5.55. The van der Waals surface area contributed by atoms with Gasteiger partial charge >= 0.3 is 5.97 Å². The van der Waals surface area contributed by atoms with Crippen LogP contribution in [0.25, 0.3) is 10.9 Å². The second kappa shape index (κ2) is 9.53. The highest BCUT2D eigenvalue weighted by atomic mass is 16.4. The van der Waals surface area contributed by atoms with Gasteiger partial charge in [0.2, 0.25) is 11.8 Å². The highest BCUT2D eigenvalue weighted by molar-refractivity contribution is 5.93. The maximum Gasteiger partial charge on any atom is 0.326 e. The Morgan fingerprint density at radius 2 is 1.76 bits per heavy atom. The molecule has 2 amide bonds. The van der Waals surface area contributed by atoms with Crippen LogP contribution >= 0.6 is 0 Å². The number of carboxylic acid groups (broad SMARTS) is 1. The number of rotatable bonds is 9. The Labute approximate surface area is 168 Å². The zero-order valence-electron chi connectivity index (χ0n) is 16.7. The summed E-state index contributed by atoms with van der Waals surface area (Å²) >= 11 is 0. The Morgan fingerprint density at radius 3 is 2.34 bits per heavy atom. The summed E-state index contributed by atoms with van der Waals surface area (Å²) in [6.07, 6.45) is 0.760. The summed E-state index contributed by atoms with van der Waals surface area (Å²) in [6.45, 7) is 4.73. The number of H-pyrrole nitrogens is 1. The number of hydrogen-bond acceptors (Lipinski definition) is 5. The zero-order valence-corrected chi connectivity index (χ0v) is 16.7. The van der Waals surface area contributed by atoms with Crippen LogP contribution in [0.15, 0.2) is 30.5 Å². The Hall–Kier alpha value is -2.91. The predicted octanol–water partition coefficient (Wildman–Crippen LogP) is 0.129. The number of carbonyl (C=O) groups excluding carboxylic acids is 2. The average Bonchev–Trinajstić information content (AvgIpc) is 3.07. The lowest BCUT2D eigenvalue weighted by Crippen LogP contribution is -2.57. The fourth-order valence-electron chi connectivity index (χ4n) is 2.98. The molecule has 0 radical (unpaired) electrons. The molecule has 1 aromatic heterocycles. The van der Waals surface area contributed by atoms with Crippen molar-refractivity contribution in [1.82, 2.24) is 15.6 Å². The van der Waals surface area contributed by atoms with Crippen molar-refractivity contribution in [3.05, 3.63) is 36.0 Å². The summed E-state index contributed by atoms with van der Waals surface area (Å²) < 4.78 is 0. The molecule has 0 spiro atoms. The topological polar surface area (TPSA) is 158 Å². The molecule has 1 aromatic carbocycles. The van der Waals surface area contributed by atoms with Gasteiger partial charge in [0.05, 0.1) is 6.10 Å². The molecular formula is C20H28N4O5. The molecule has 9 heteroatoms. The second-order valence-corrected chi connectivity index (χ2v) is 7.46. The number of hydrogen-bond donors (Lipinski definition) is 6. The van der Waals surface area contributed by atoms with E-state index in [0.717, 1.165) is 16.5 Å². The lowest BCUT2D eigenvalue weighted by molar-refractivity contribution is -0.143. The number of aliphatic hydroxyl groups excluding tert-OH is 1. The van der Waals surface area contributed by atoms with Gasteiger partial charge in [-0.15, -0.1) is 0 Å². The van der Waals surface area contributed by atoms with E-state index in [9.17, 15) is 24.6 Å². The molecule has 0 unspecified atom stereocenters. The van der Waals surface area contributed by atoms with E-state index in [1.807, 2.05) is 24.3 Å². The minimum Gasteiger partial charge on any atom is -0.480 e. The molecule has 0 fully saturated rings. The molecule has 0 saturated carbocycles. The van der Waals surface area contributed by atoms with Crippen molar-refractivity contribution in [2.24, 2.45) is 11.7 Å². The van der Waals surface area contributed by atoms with Crippen molar-refractivity contribution in [2.45, 2.75) is 51.4 Å². The molecule has 29 heavy (non-hydrogen) atoms. The summed E-state index contributed by atoms with van der Waals surface area (Å²) in [5.41, 5.74) is 7.33. The first kappa shape index (κ1) is 22.4. The third-order valence-electron chi connectivity index (χ3n) is 4.78. The van der Waals surface area contributed by atoms with Gasteiger partial charge in [0.25, 0.3) is 0 Å². The van der Waals surface area contributed by atoms with Crippen LogP contribution in [0.2, 0.25) is 0 Å². The van der Waals surface area contributed by atoms with Crippen LogP contribution in [-0.2, 0) is 20.8 Å². The maximum absolute atomic E-state index is 12.9. The number of aliphatic hydroxyl groups is 1. The van der Waals surface area contributed by atoms with Crippen LogP contribution in [0.4, 0.5) is 0 Å². The molecule has 1 heterocycles. The molecule has 4 atom stereocenters. The SMILES string of the molecule is CC(C)[C@H](NC(=O)[C@H](Cc1c[nH]c2ccccc12)NC(=O)[C@@H](N)[C@@H](C)O)C(=O)O. The third-order valence-corrected chi connectivity index (χ3v) is 4.78. The van der Waals surface area contributed by atoms with E-state index in [-0.39, 0.29) is 12.3 Å². The number of nitrogens with one attached hydrogen (secondary N) is 3. The molecule has 2 aromatic rings. The van der Waals surface area contributed by atoms with Crippen LogP contribution in [0, 0.1) is 5.92 Å². The number of aromatic nitrogens is 1. The lowest BCUT2D eigenvalue weighted by atomic mass is 10.0. The van der Waals surface area contributed by atoms with Crippen LogP contribution in [0.5, 0.6) is 0 Å². The Bertz CT molecular complexity index is 877. The smallest absolute Gasteiger partial charge is 0.326 e. The van der Waals surface area contributed by atoms with Gasteiger partial charge in [-0.25, -0.2) is 4.79 Å². The van der Waals surface area contributed by atoms with Gasteiger partial charge < -0.3 is 31.6 Å². The molecule has 0 aliphatic rings. The summed E-state index contributed by atoms with van der Waals surface area (Å²) in [6, 6.07) is 4.12. The quantitative estimate of drug-likeness (QED) is 0.349. The summed E-state index contributed by atoms with van der Waals surface area (Å²) in [4.78, 5) is 39.7. The van der Waals surface area contributed by atoms with E-state index in [1.54, 1.807) is 20.0 Å². The predicted molar refractivity (Wildman–Crippen MR) is 108 cm³/mol. The molecule has 2 rings (SSSR count). The van der Waals surface area contributed by atoms with Gasteiger partial charge in [0.15, 0.2) is 0 Å². The van der Waals surface area contributed by atoms with Crippen molar-refractivity contribution in [3.8, 4) is 0 Å². The van der Waals surface area contributed by atoms with E-state index in [4.69, 9.17) is 5.73 Å². The van der Waals surface area contributed by atoms with Crippen LogP contribution in [0.3, 0.4) is 0 Å². The monoisotopic (exact) mass is 404 g/mol. The Balaban J connectivity index is 2.28. The molecule has 0 aliphatic heterocycles. The zero-order chi connectivity index (χ0) is 21.7. The number of carboxylic acids is 1. The minimum absolute atomic E-state index is 0.124. The van der Waals surface area contributed by atoms with Crippen LogP contribution < -0.4 is 16.4 Å². The standard InChI is InChI=1S/C20H28N4O5/c1-10(2)17(20(28)29)24-18(26)15(23-19(27)16(21)11(3)25)8-12-9-22-14-7-5-4-6-13(12)14/h4-7,9-11,15-17,22,25H,8,21H2,1-3H3,(H,23,27)(H,24,26)(H,28,29)/t11-,15+,16+,17+/m1/s1. The van der Waals surface area contributed by atoms with E-state index in [1.165, 1.54) is 6.92 Å². The van der Waals surface area contributed by atoms with Gasteiger partial charge in [-0.2, -0.15) is 0 Å². The second-order valence-electron chi connectivity index (χ2n) is 7.46. The first-order valence-corrected chi connectivity index (χ1v) is 9.44. The fraction of sp³-hybridized carbons (Fsp3) is 0.450. The minimum atomic E-state index is -1.21. The maximum atomic E-state index is 12.9. The highest BCUT2D eigenvalue weighted by Crippen LogP contribution is 2.19. The number of fused-ring (bicyclic) bond motifs is 1. The van der Waals surface area contributed by atoms with E-state index < -0.39 is 42.0 Å². The number of carbonyl (C=O) groups is 3. The highest BCUT2D eigenvalue weighted by Gasteiger charge is 2.31. The van der Waals surface area contributed by atoms with Crippen molar-refractivity contribution in [3.63, 3.8) is 0 Å². The lowest BCUT2D eigenvalue weighted by Gasteiger charge is -2.24. The largest absolute Gasteiger partial charge is 0.480 e. The number of aromatic amines is 1. The number of benzene rings is 1. The van der Waals surface area contributed by atoms with Crippen LogP contribution in [0.1, 0.15) is 26.3 Å². The molecule has 7 N–H and O–H groups in total. The molecule has 0 saturated heterocycles. The van der Waals surface area contributed by atoms with Gasteiger partial charge in [-0.05, 0) is 24.5 Å². The number of aliphatic carboxylic acids is 1. The molecule has 158 valence electrons. The first-order valence-electron chi connectivity index (χ1n) is 9.44. The van der Waals surface area contributed by atoms with Crippen LogP contribution in [-0.4, -0.2) is 57.2 Å². The van der Waals surface area contributed by atoms with E-state index in [0.29, 0.717) is 0 Å². The fourth-order valence-corrected chi connectivity index (χ4v) is 2.98. The number of nitrogens with two attached hydrogens (primary N) is 1. The van der Waals surface area contributed by atoms with E-state index in [2.05, 4.69) is 15.6 Å². The Morgan fingerprint density at radius 1 is 1.10 bits per heavy atom. The number of para-hydroxylation sites is 1. The molecule has 9 nitrogen and oxygen atoms in total. The summed E-state index contributed by atoms with van der Waals surface area (Å²) in [5.74, 6) is -2.84. The average molecular weight is 404 g/mol. The normalized spacial score (nSPS) is 15.5. The van der Waals surface area contributed by atoms with Gasteiger partial charge in [0, 0.05) is 23.5 Å². The van der Waals surface area contributed by atoms with Gasteiger partial charge in [0.1, 0.15) is 18.1 Å². The van der Waals surface area contributed by atoms with Crippen molar-refractivity contribution < 1.29 is 24.6 Å². The van der Waals surface area contributed by atoms with Gasteiger partial charge in [-0.1, -0.05) is 32.0 Å². The number of amides is 2.